The molecular formula is C15H12ClN3O2. The van der Waals surface area contributed by atoms with Gasteiger partial charge in [-0.2, -0.15) is 5.10 Å². The van der Waals surface area contributed by atoms with Crippen molar-refractivity contribution >= 4 is 23.2 Å². The van der Waals surface area contributed by atoms with Crippen LogP contribution in [-0.4, -0.2) is 27.7 Å². The van der Waals surface area contributed by atoms with Crippen LogP contribution in [0.3, 0.4) is 0 Å². The minimum absolute atomic E-state index is 0.387. The summed E-state index contributed by atoms with van der Waals surface area (Å²) in [6, 6.07) is 10.9. The van der Waals surface area contributed by atoms with E-state index >= 15 is 0 Å². The van der Waals surface area contributed by atoms with Crippen LogP contribution in [0.15, 0.2) is 42.6 Å². The van der Waals surface area contributed by atoms with Gasteiger partial charge in [-0.1, -0.05) is 29.8 Å². The number of fused-ring (bicyclic) bond motifs is 1. The van der Waals surface area contributed by atoms with Crippen molar-refractivity contribution < 1.29 is 9.53 Å². The highest BCUT2D eigenvalue weighted by Gasteiger charge is 2.15. The molecule has 0 atom stereocenters. The second-order valence-corrected chi connectivity index (χ2v) is 4.89. The highest BCUT2D eigenvalue weighted by molar-refractivity contribution is 6.31. The molecule has 5 nitrogen and oxygen atoms in total. The Kier molecular flexibility index (Phi) is 3.58. The maximum absolute atomic E-state index is 11.7. The summed E-state index contributed by atoms with van der Waals surface area (Å²) in [6.07, 6.45) is 2.24. The topological polar surface area (TPSA) is 56.5 Å². The molecule has 0 saturated heterocycles. The largest absolute Gasteiger partial charge is 0.465 e. The van der Waals surface area contributed by atoms with Gasteiger partial charge in [-0.05, 0) is 23.8 Å². The van der Waals surface area contributed by atoms with E-state index in [0.29, 0.717) is 28.5 Å². The Morgan fingerprint density at radius 3 is 2.86 bits per heavy atom. The van der Waals surface area contributed by atoms with E-state index in [1.165, 1.54) is 7.11 Å². The van der Waals surface area contributed by atoms with E-state index in [-0.39, 0.29) is 0 Å². The highest BCUT2D eigenvalue weighted by Crippen LogP contribution is 2.18. The summed E-state index contributed by atoms with van der Waals surface area (Å²) in [5.41, 5.74) is 1.80. The molecule has 2 heterocycles. The highest BCUT2D eigenvalue weighted by atomic mass is 35.5. The Hall–Kier alpha value is -2.40. The van der Waals surface area contributed by atoms with Crippen LogP contribution in [0.1, 0.15) is 21.7 Å². The van der Waals surface area contributed by atoms with Gasteiger partial charge in [0.25, 0.3) is 0 Å². The zero-order chi connectivity index (χ0) is 14.8. The molecule has 0 aliphatic rings. The molecular weight excluding hydrogens is 290 g/mol. The number of carbonyl (C=O) groups excluding carboxylic acids is 1. The van der Waals surface area contributed by atoms with E-state index in [1.54, 1.807) is 22.8 Å². The lowest BCUT2D eigenvalue weighted by molar-refractivity contribution is 0.0602. The van der Waals surface area contributed by atoms with E-state index in [4.69, 9.17) is 16.3 Å². The fourth-order valence-electron chi connectivity index (χ4n) is 2.11. The molecule has 1 aromatic carbocycles. The third kappa shape index (κ3) is 2.60. The smallest absolute Gasteiger partial charge is 0.341 e. The summed E-state index contributed by atoms with van der Waals surface area (Å²) in [4.78, 5) is 16.1. The number of halogens is 1. The molecule has 0 unspecified atom stereocenters. The van der Waals surface area contributed by atoms with E-state index in [2.05, 4.69) is 10.1 Å². The molecule has 0 N–H and O–H groups in total. The molecule has 0 bridgehead atoms. The van der Waals surface area contributed by atoms with Gasteiger partial charge in [0.2, 0.25) is 0 Å². The first-order valence-corrected chi connectivity index (χ1v) is 6.73. The van der Waals surface area contributed by atoms with Gasteiger partial charge in [0.05, 0.1) is 7.11 Å². The fraction of sp³-hybridized carbons (Fsp3) is 0.133. The lowest BCUT2D eigenvalue weighted by atomic mass is 10.1. The fourth-order valence-corrected chi connectivity index (χ4v) is 2.31. The SMILES string of the molecule is COC(=O)c1cccn2nc(Cc3ccccc3Cl)nc12. The van der Waals surface area contributed by atoms with Crippen LogP contribution in [0.4, 0.5) is 0 Å². The van der Waals surface area contributed by atoms with Crippen LogP contribution < -0.4 is 0 Å². The first kappa shape index (κ1) is 13.6. The molecule has 0 saturated carbocycles. The summed E-state index contributed by atoms with van der Waals surface area (Å²) in [7, 11) is 1.34. The molecule has 0 fully saturated rings. The number of aromatic nitrogens is 3. The van der Waals surface area contributed by atoms with Gasteiger partial charge < -0.3 is 4.74 Å². The van der Waals surface area contributed by atoms with Crippen LogP contribution in [0.2, 0.25) is 5.02 Å². The second kappa shape index (κ2) is 5.54. The number of ether oxygens (including phenoxy) is 1. The average molecular weight is 302 g/mol. The average Bonchev–Trinajstić information content (AvgIpc) is 2.91. The van der Waals surface area contributed by atoms with Gasteiger partial charge >= 0.3 is 5.97 Å². The van der Waals surface area contributed by atoms with Gasteiger partial charge in [0.15, 0.2) is 11.5 Å². The number of methoxy groups -OCH3 is 1. The predicted octanol–water partition coefficient (Wildman–Crippen LogP) is 2.76. The first-order valence-electron chi connectivity index (χ1n) is 6.35. The Labute approximate surface area is 126 Å². The number of pyridine rings is 1. The quantitative estimate of drug-likeness (QED) is 0.698. The predicted molar refractivity (Wildman–Crippen MR) is 78.6 cm³/mol. The van der Waals surface area contributed by atoms with Crippen molar-refractivity contribution in [3.63, 3.8) is 0 Å². The molecule has 6 heteroatoms. The molecule has 0 aliphatic heterocycles. The second-order valence-electron chi connectivity index (χ2n) is 4.48. The van der Waals surface area contributed by atoms with Crippen molar-refractivity contribution in [2.24, 2.45) is 0 Å². The maximum Gasteiger partial charge on any atom is 0.341 e. The number of hydrogen-bond donors (Lipinski definition) is 0. The molecule has 0 aliphatic carbocycles. The van der Waals surface area contributed by atoms with Gasteiger partial charge in [-0.3, -0.25) is 0 Å². The van der Waals surface area contributed by atoms with Crippen molar-refractivity contribution in [1.29, 1.82) is 0 Å². The molecule has 0 spiro atoms. The molecule has 3 rings (SSSR count). The monoisotopic (exact) mass is 301 g/mol. The summed E-state index contributed by atoms with van der Waals surface area (Å²) in [5, 5.41) is 5.04. The molecule has 21 heavy (non-hydrogen) atoms. The number of benzene rings is 1. The summed E-state index contributed by atoms with van der Waals surface area (Å²) in [5.74, 6) is 0.164. The van der Waals surface area contributed by atoms with Crippen molar-refractivity contribution in [2.45, 2.75) is 6.42 Å². The maximum atomic E-state index is 11.7. The number of carbonyl (C=O) groups is 1. The number of rotatable bonds is 3. The lowest BCUT2D eigenvalue weighted by Crippen LogP contribution is -2.04. The van der Waals surface area contributed by atoms with Crippen LogP contribution in [-0.2, 0) is 11.2 Å². The van der Waals surface area contributed by atoms with E-state index in [0.717, 1.165) is 5.56 Å². The van der Waals surface area contributed by atoms with Crippen LogP contribution >= 0.6 is 11.6 Å². The van der Waals surface area contributed by atoms with Crippen LogP contribution in [0.25, 0.3) is 5.65 Å². The van der Waals surface area contributed by atoms with Crippen molar-refractivity contribution in [3.05, 3.63) is 64.6 Å². The van der Waals surface area contributed by atoms with E-state index in [1.807, 2.05) is 24.3 Å². The lowest BCUT2D eigenvalue weighted by Gasteiger charge is -1.99. The molecule has 106 valence electrons. The van der Waals surface area contributed by atoms with Gasteiger partial charge in [-0.15, -0.1) is 0 Å². The molecule has 3 aromatic rings. The number of esters is 1. The van der Waals surface area contributed by atoms with E-state index in [9.17, 15) is 4.79 Å². The first-order chi connectivity index (χ1) is 10.2. The zero-order valence-corrected chi connectivity index (χ0v) is 12.0. The normalized spacial score (nSPS) is 10.8. The molecule has 0 radical (unpaired) electrons. The molecule has 0 amide bonds. The van der Waals surface area contributed by atoms with Crippen molar-refractivity contribution in [2.75, 3.05) is 7.11 Å². The Morgan fingerprint density at radius 2 is 2.10 bits per heavy atom. The van der Waals surface area contributed by atoms with Crippen molar-refractivity contribution in [1.82, 2.24) is 14.6 Å². The Morgan fingerprint density at radius 1 is 1.29 bits per heavy atom. The number of nitrogens with zero attached hydrogens (tertiary/aromatic N) is 3. The van der Waals surface area contributed by atoms with Gasteiger partial charge in [-0.25, -0.2) is 14.3 Å². The van der Waals surface area contributed by atoms with E-state index < -0.39 is 5.97 Å². The third-order valence-corrected chi connectivity index (χ3v) is 3.49. The standard InChI is InChI=1S/C15H12ClN3O2/c1-21-15(20)11-6-4-8-19-14(11)17-13(18-19)9-10-5-2-3-7-12(10)16/h2-8H,9H2,1H3. The molecule has 2 aromatic heterocycles. The Balaban J connectivity index is 2.02. The third-order valence-electron chi connectivity index (χ3n) is 3.12. The van der Waals surface area contributed by atoms with Crippen LogP contribution in [0.5, 0.6) is 0 Å². The van der Waals surface area contributed by atoms with Crippen LogP contribution in [0, 0.1) is 0 Å². The summed E-state index contributed by atoms with van der Waals surface area (Å²) >= 11 is 6.14. The number of hydrogen-bond acceptors (Lipinski definition) is 4. The van der Waals surface area contributed by atoms with Gasteiger partial charge in [0.1, 0.15) is 5.56 Å². The summed E-state index contributed by atoms with van der Waals surface area (Å²) in [6.45, 7) is 0. The minimum atomic E-state index is -0.433. The Bertz CT molecular complexity index is 814. The van der Waals surface area contributed by atoms with Crippen molar-refractivity contribution in [3.8, 4) is 0 Å². The summed E-state index contributed by atoms with van der Waals surface area (Å²) < 4.78 is 6.32. The van der Waals surface area contributed by atoms with Gasteiger partial charge in [0, 0.05) is 17.6 Å². The zero-order valence-electron chi connectivity index (χ0n) is 11.3. The minimum Gasteiger partial charge on any atom is -0.465 e.